The summed E-state index contributed by atoms with van der Waals surface area (Å²) in [4.78, 5) is 6.65. The van der Waals surface area contributed by atoms with E-state index in [1.165, 1.54) is 44.6 Å². The number of nitrogens with one attached hydrogen (secondary N) is 1. The van der Waals surface area contributed by atoms with E-state index in [4.69, 9.17) is 5.73 Å². The highest BCUT2D eigenvalue weighted by molar-refractivity contribution is 5.29. The van der Waals surface area contributed by atoms with Gasteiger partial charge in [-0.1, -0.05) is 6.07 Å². The van der Waals surface area contributed by atoms with Crippen LogP contribution in [0.3, 0.4) is 0 Å². The molecule has 0 aromatic carbocycles. The van der Waals surface area contributed by atoms with Gasteiger partial charge in [0.25, 0.3) is 0 Å². The number of piperidine rings is 1. The van der Waals surface area contributed by atoms with E-state index in [1.807, 2.05) is 12.3 Å². The Kier molecular flexibility index (Phi) is 2.76. The zero-order valence-corrected chi connectivity index (χ0v) is 10.2. The molecule has 1 spiro atoms. The van der Waals surface area contributed by atoms with Crippen LogP contribution in [0, 0.1) is 5.41 Å². The second-order valence-corrected chi connectivity index (χ2v) is 5.49. The van der Waals surface area contributed by atoms with Gasteiger partial charge in [0.1, 0.15) is 5.82 Å². The lowest BCUT2D eigenvalue weighted by molar-refractivity contribution is -0.0282. The topological polar surface area (TPSA) is 54.2 Å². The Morgan fingerprint density at radius 3 is 2.71 bits per heavy atom. The Morgan fingerprint density at radius 2 is 2.06 bits per heavy atom. The summed E-state index contributed by atoms with van der Waals surface area (Å²) in [6.07, 6.45) is 4.57. The van der Waals surface area contributed by atoms with Crippen LogP contribution < -0.4 is 11.1 Å². The van der Waals surface area contributed by atoms with Crippen LogP contribution in [0.5, 0.6) is 0 Å². The number of nitrogens with zero attached hydrogens (tertiary/aromatic N) is 2. The lowest BCUT2D eigenvalue weighted by Gasteiger charge is -2.52. The van der Waals surface area contributed by atoms with Crippen molar-refractivity contribution in [3.8, 4) is 0 Å². The summed E-state index contributed by atoms with van der Waals surface area (Å²) in [6.45, 7) is 5.90. The molecule has 0 radical (unpaired) electrons. The summed E-state index contributed by atoms with van der Waals surface area (Å²) >= 11 is 0. The molecule has 2 aliphatic heterocycles. The van der Waals surface area contributed by atoms with Crippen LogP contribution in [0.1, 0.15) is 18.4 Å². The Bertz CT molecular complexity index is 373. The molecule has 92 valence electrons. The molecule has 4 nitrogen and oxygen atoms in total. The molecule has 2 fully saturated rings. The van der Waals surface area contributed by atoms with Crippen molar-refractivity contribution in [2.45, 2.75) is 19.4 Å². The van der Waals surface area contributed by atoms with Crippen molar-refractivity contribution in [3.63, 3.8) is 0 Å². The SMILES string of the molecule is Nc1ccc(CN2CC3(CCNCC3)C2)cn1. The number of hydrogen-bond acceptors (Lipinski definition) is 4. The maximum absolute atomic E-state index is 5.58. The van der Waals surface area contributed by atoms with Gasteiger partial charge in [0.05, 0.1) is 0 Å². The predicted molar refractivity (Wildman–Crippen MR) is 68.5 cm³/mol. The molecule has 1 aromatic heterocycles. The third kappa shape index (κ3) is 2.28. The van der Waals surface area contributed by atoms with E-state index in [-0.39, 0.29) is 0 Å². The van der Waals surface area contributed by atoms with Crippen molar-refractivity contribution >= 4 is 5.82 Å². The van der Waals surface area contributed by atoms with E-state index in [9.17, 15) is 0 Å². The summed E-state index contributed by atoms with van der Waals surface area (Å²) in [7, 11) is 0. The number of nitrogens with two attached hydrogens (primary N) is 1. The monoisotopic (exact) mass is 232 g/mol. The van der Waals surface area contributed by atoms with Gasteiger partial charge >= 0.3 is 0 Å². The zero-order valence-electron chi connectivity index (χ0n) is 10.2. The number of aromatic nitrogens is 1. The van der Waals surface area contributed by atoms with Crippen LogP contribution in [-0.2, 0) is 6.54 Å². The summed E-state index contributed by atoms with van der Waals surface area (Å²) in [5.74, 6) is 0.604. The van der Waals surface area contributed by atoms with E-state index >= 15 is 0 Å². The summed E-state index contributed by atoms with van der Waals surface area (Å²) in [5, 5.41) is 3.44. The van der Waals surface area contributed by atoms with Crippen LogP contribution >= 0.6 is 0 Å². The fraction of sp³-hybridized carbons (Fsp3) is 0.615. The van der Waals surface area contributed by atoms with Crippen LogP contribution in [0.2, 0.25) is 0 Å². The van der Waals surface area contributed by atoms with E-state index in [2.05, 4.69) is 21.3 Å². The minimum atomic E-state index is 0.604. The van der Waals surface area contributed by atoms with Crippen molar-refractivity contribution in [1.82, 2.24) is 15.2 Å². The molecule has 3 rings (SSSR count). The number of anilines is 1. The second kappa shape index (κ2) is 4.27. The van der Waals surface area contributed by atoms with Gasteiger partial charge in [-0.05, 0) is 43.0 Å². The van der Waals surface area contributed by atoms with Crippen molar-refractivity contribution in [1.29, 1.82) is 0 Å². The number of rotatable bonds is 2. The van der Waals surface area contributed by atoms with Crippen LogP contribution in [0.4, 0.5) is 5.82 Å². The van der Waals surface area contributed by atoms with Gasteiger partial charge in [-0.25, -0.2) is 4.98 Å². The minimum absolute atomic E-state index is 0.604. The maximum Gasteiger partial charge on any atom is 0.123 e. The molecule has 3 heterocycles. The van der Waals surface area contributed by atoms with E-state index in [0.717, 1.165) is 6.54 Å². The molecule has 1 aromatic rings. The lowest BCUT2D eigenvalue weighted by Crippen LogP contribution is -2.59. The largest absolute Gasteiger partial charge is 0.384 e. The molecule has 0 amide bonds. The second-order valence-electron chi connectivity index (χ2n) is 5.49. The average molecular weight is 232 g/mol. The molecule has 0 saturated carbocycles. The number of hydrogen-bond donors (Lipinski definition) is 2. The van der Waals surface area contributed by atoms with Gasteiger partial charge in [-0.3, -0.25) is 4.90 Å². The normalized spacial score (nSPS) is 23.5. The van der Waals surface area contributed by atoms with Crippen molar-refractivity contribution in [2.75, 3.05) is 31.9 Å². The first-order chi connectivity index (χ1) is 8.26. The molecule has 17 heavy (non-hydrogen) atoms. The zero-order chi connectivity index (χ0) is 11.7. The first-order valence-corrected chi connectivity index (χ1v) is 6.39. The van der Waals surface area contributed by atoms with Crippen molar-refractivity contribution in [2.24, 2.45) is 5.41 Å². The summed E-state index contributed by atoms with van der Waals surface area (Å²) < 4.78 is 0. The van der Waals surface area contributed by atoms with Crippen LogP contribution in [0.15, 0.2) is 18.3 Å². The first kappa shape index (κ1) is 11.0. The Labute approximate surface area is 102 Å². The number of nitrogen functional groups attached to an aromatic ring is 1. The number of pyridine rings is 1. The third-order valence-corrected chi connectivity index (χ3v) is 4.04. The van der Waals surface area contributed by atoms with Gasteiger partial charge in [-0.2, -0.15) is 0 Å². The number of likely N-dealkylation sites (tertiary alicyclic amines) is 1. The standard InChI is InChI=1S/C13H20N4/c14-12-2-1-11(7-16-12)8-17-9-13(10-17)3-5-15-6-4-13/h1-2,7,15H,3-6,8-10H2,(H2,14,16). The van der Waals surface area contributed by atoms with Gasteiger partial charge in [0, 0.05) is 25.8 Å². The molecule has 2 aliphatic rings. The predicted octanol–water partition coefficient (Wildman–Crippen LogP) is 0.849. The van der Waals surface area contributed by atoms with Gasteiger partial charge in [-0.15, -0.1) is 0 Å². The Morgan fingerprint density at radius 1 is 1.29 bits per heavy atom. The molecule has 0 atom stereocenters. The van der Waals surface area contributed by atoms with Crippen LogP contribution in [-0.4, -0.2) is 36.1 Å². The summed E-state index contributed by atoms with van der Waals surface area (Å²) in [6, 6.07) is 3.96. The smallest absolute Gasteiger partial charge is 0.123 e. The minimum Gasteiger partial charge on any atom is -0.384 e. The van der Waals surface area contributed by atoms with Crippen molar-refractivity contribution in [3.05, 3.63) is 23.9 Å². The fourth-order valence-corrected chi connectivity index (χ4v) is 3.08. The molecule has 0 aliphatic carbocycles. The highest BCUT2D eigenvalue weighted by atomic mass is 15.2. The fourth-order valence-electron chi connectivity index (χ4n) is 3.08. The Balaban J connectivity index is 1.54. The van der Waals surface area contributed by atoms with E-state index < -0.39 is 0 Å². The molecule has 4 heteroatoms. The average Bonchev–Trinajstić information content (AvgIpc) is 2.31. The molecule has 3 N–H and O–H groups in total. The maximum atomic E-state index is 5.58. The molecule has 0 bridgehead atoms. The van der Waals surface area contributed by atoms with Gasteiger partial charge in [0.2, 0.25) is 0 Å². The first-order valence-electron chi connectivity index (χ1n) is 6.39. The van der Waals surface area contributed by atoms with E-state index in [0.29, 0.717) is 11.2 Å². The lowest BCUT2D eigenvalue weighted by atomic mass is 9.72. The molecule has 2 saturated heterocycles. The Hall–Kier alpha value is -1.13. The van der Waals surface area contributed by atoms with Crippen LogP contribution in [0.25, 0.3) is 0 Å². The highest BCUT2D eigenvalue weighted by Crippen LogP contribution is 2.39. The third-order valence-electron chi connectivity index (χ3n) is 4.04. The molecule has 0 unspecified atom stereocenters. The molecular weight excluding hydrogens is 212 g/mol. The summed E-state index contributed by atoms with van der Waals surface area (Å²) in [5.41, 5.74) is 7.47. The van der Waals surface area contributed by atoms with Crippen molar-refractivity contribution < 1.29 is 0 Å². The molecular formula is C13H20N4. The van der Waals surface area contributed by atoms with E-state index in [1.54, 1.807) is 0 Å². The van der Waals surface area contributed by atoms with Gasteiger partial charge < -0.3 is 11.1 Å². The quantitative estimate of drug-likeness (QED) is 0.793. The highest BCUT2D eigenvalue weighted by Gasteiger charge is 2.42. The van der Waals surface area contributed by atoms with Gasteiger partial charge in [0.15, 0.2) is 0 Å².